The van der Waals surface area contributed by atoms with Gasteiger partial charge in [0.05, 0.1) is 22.9 Å². The van der Waals surface area contributed by atoms with Crippen molar-refractivity contribution in [3.63, 3.8) is 0 Å². The Balaban J connectivity index is 0.000000331. The molecule has 0 aliphatic rings. The molecule has 5 nitrogen and oxygen atoms in total. The highest BCUT2D eigenvalue weighted by atomic mass is 19.4. The number of hydrogen-bond acceptors (Lipinski definition) is 4. The molecule has 0 fully saturated rings. The van der Waals surface area contributed by atoms with Crippen molar-refractivity contribution in [3.05, 3.63) is 77.6 Å². The molecule has 0 amide bonds. The first-order valence-corrected chi connectivity index (χ1v) is 9.25. The fraction of sp³-hybridized carbons (Fsp3) is 0.217. The maximum absolute atomic E-state index is 12.5. The first kappa shape index (κ1) is 28.1. The quantitative estimate of drug-likeness (QED) is 0.332. The molecule has 1 aromatic heterocycles. The van der Waals surface area contributed by atoms with E-state index in [1.807, 2.05) is 6.07 Å². The summed E-state index contributed by atoms with van der Waals surface area (Å²) >= 11 is 0. The van der Waals surface area contributed by atoms with Gasteiger partial charge in [-0.25, -0.2) is 0 Å². The van der Waals surface area contributed by atoms with Gasteiger partial charge in [0.1, 0.15) is 11.9 Å². The van der Waals surface area contributed by atoms with Crippen molar-refractivity contribution in [2.75, 3.05) is 19.8 Å². The topological polar surface area (TPSA) is 81.7 Å². The standard InChI is InChI=1S/C12H11F3N2.C10H8F3N3.CH4/c1-17(2)8-10(7-16)9-4-3-5-11(6-9)12(13,14)15;11-10(12,13)7-3-1-2-6(4-7)8-5-15-16-9(8)14;/h3-6,8H,1-2H3;1-5H,(H3,14,15,16);1H4/b10-8+;;. The molecule has 3 aromatic rings. The Morgan fingerprint density at radius 1 is 1.00 bits per heavy atom. The number of nitrogens with two attached hydrogens (primary N) is 1. The molecule has 1 heterocycles. The number of nitrogen functional groups attached to an aromatic ring is 1. The maximum atomic E-state index is 12.5. The van der Waals surface area contributed by atoms with Crippen LogP contribution in [0.5, 0.6) is 0 Å². The molecule has 34 heavy (non-hydrogen) atoms. The third-order valence-corrected chi connectivity index (χ3v) is 4.18. The van der Waals surface area contributed by atoms with Gasteiger partial charge in [-0.2, -0.15) is 36.7 Å². The zero-order valence-electron chi connectivity index (χ0n) is 17.5. The average Bonchev–Trinajstić information content (AvgIpc) is 3.17. The molecule has 0 unspecified atom stereocenters. The Labute approximate surface area is 193 Å². The van der Waals surface area contributed by atoms with Gasteiger partial charge in [-0.05, 0) is 35.4 Å². The molecule has 182 valence electrons. The van der Waals surface area contributed by atoms with Gasteiger partial charge in [0.2, 0.25) is 0 Å². The summed E-state index contributed by atoms with van der Waals surface area (Å²) in [6, 6.07) is 11.5. The Kier molecular flexibility index (Phi) is 9.31. The number of anilines is 1. The van der Waals surface area contributed by atoms with E-state index in [0.29, 0.717) is 11.1 Å². The fourth-order valence-electron chi connectivity index (χ4n) is 2.68. The third-order valence-electron chi connectivity index (χ3n) is 4.18. The lowest BCUT2D eigenvalue weighted by molar-refractivity contribution is -0.138. The highest BCUT2D eigenvalue weighted by Crippen LogP contribution is 2.33. The van der Waals surface area contributed by atoms with Crippen LogP contribution in [0.25, 0.3) is 16.7 Å². The lowest BCUT2D eigenvalue weighted by Crippen LogP contribution is -2.06. The molecule has 0 bridgehead atoms. The first-order valence-electron chi connectivity index (χ1n) is 9.25. The molecule has 0 spiro atoms. The van der Waals surface area contributed by atoms with Crippen LogP contribution in [0.3, 0.4) is 0 Å². The van der Waals surface area contributed by atoms with E-state index in [1.165, 1.54) is 30.6 Å². The zero-order valence-corrected chi connectivity index (χ0v) is 17.5. The summed E-state index contributed by atoms with van der Waals surface area (Å²) in [5.41, 5.74) is 5.38. The van der Waals surface area contributed by atoms with Gasteiger partial charge in [0.15, 0.2) is 0 Å². The Bertz CT molecular complexity index is 1150. The normalized spacial score (nSPS) is 11.6. The third kappa shape index (κ3) is 7.58. The van der Waals surface area contributed by atoms with Crippen molar-refractivity contribution < 1.29 is 26.3 Å². The Hall–Kier alpha value is -3.94. The molecule has 0 radical (unpaired) electrons. The summed E-state index contributed by atoms with van der Waals surface area (Å²) in [6.07, 6.45) is -5.87. The largest absolute Gasteiger partial charge is 0.416 e. The van der Waals surface area contributed by atoms with Crippen LogP contribution in [0.2, 0.25) is 0 Å². The van der Waals surface area contributed by atoms with Crippen molar-refractivity contribution >= 4 is 11.4 Å². The zero-order chi connectivity index (χ0) is 24.8. The number of alkyl halides is 6. The number of benzene rings is 2. The molecule has 11 heteroatoms. The smallest absolute Gasteiger partial charge is 0.384 e. The molecule has 2 aromatic carbocycles. The number of H-pyrrole nitrogens is 1. The van der Waals surface area contributed by atoms with Crippen LogP contribution in [-0.4, -0.2) is 29.2 Å². The number of allylic oxidation sites excluding steroid dienone is 1. The monoisotopic (exact) mass is 483 g/mol. The summed E-state index contributed by atoms with van der Waals surface area (Å²) in [4.78, 5) is 1.61. The van der Waals surface area contributed by atoms with Gasteiger partial charge < -0.3 is 10.6 Å². The predicted molar refractivity (Wildman–Crippen MR) is 119 cm³/mol. The summed E-state index contributed by atoms with van der Waals surface area (Å²) < 4.78 is 74.8. The second-order valence-electron chi connectivity index (χ2n) is 6.97. The molecular weight excluding hydrogens is 460 g/mol. The van der Waals surface area contributed by atoms with E-state index in [4.69, 9.17) is 11.0 Å². The molecule has 0 saturated carbocycles. The number of nitrogens with one attached hydrogen (secondary N) is 1. The highest BCUT2D eigenvalue weighted by Gasteiger charge is 2.31. The molecule has 0 atom stereocenters. The predicted octanol–water partition coefficient (Wildman–Crippen LogP) is 6.45. The SMILES string of the molecule is C.CN(C)/C=C(\C#N)c1cccc(C(F)(F)F)c1.Nc1[nH]ncc1-c1cccc(C(F)(F)F)c1. The first-order chi connectivity index (χ1) is 15.3. The van der Waals surface area contributed by atoms with E-state index < -0.39 is 23.5 Å². The Morgan fingerprint density at radius 3 is 2.03 bits per heavy atom. The number of hydrogen-bond donors (Lipinski definition) is 2. The van der Waals surface area contributed by atoms with Crippen LogP contribution in [0.1, 0.15) is 24.1 Å². The number of aromatic amines is 1. The van der Waals surface area contributed by atoms with Gasteiger partial charge in [0.25, 0.3) is 0 Å². The number of halogens is 6. The van der Waals surface area contributed by atoms with Crippen molar-refractivity contribution in [3.8, 4) is 17.2 Å². The van der Waals surface area contributed by atoms with Crippen molar-refractivity contribution in [1.29, 1.82) is 5.26 Å². The Morgan fingerprint density at radius 2 is 1.56 bits per heavy atom. The number of aromatic nitrogens is 2. The molecule has 0 aliphatic heterocycles. The molecule has 3 rings (SSSR count). The molecular formula is C23H23F6N5. The van der Waals surface area contributed by atoms with Gasteiger partial charge in [0, 0.05) is 25.9 Å². The number of rotatable bonds is 3. The van der Waals surface area contributed by atoms with Crippen LogP contribution in [-0.2, 0) is 12.4 Å². The summed E-state index contributed by atoms with van der Waals surface area (Å²) in [5.74, 6) is 0.249. The minimum atomic E-state index is -4.39. The summed E-state index contributed by atoms with van der Waals surface area (Å²) in [5, 5.41) is 15.0. The van der Waals surface area contributed by atoms with E-state index in [2.05, 4.69) is 10.2 Å². The lowest BCUT2D eigenvalue weighted by atomic mass is 10.0. The van der Waals surface area contributed by atoms with Gasteiger partial charge in [-0.3, -0.25) is 5.10 Å². The second-order valence-corrected chi connectivity index (χ2v) is 6.97. The molecule has 3 N–H and O–H groups in total. The van der Waals surface area contributed by atoms with Crippen LogP contribution in [0, 0.1) is 11.3 Å². The van der Waals surface area contributed by atoms with E-state index >= 15 is 0 Å². The van der Waals surface area contributed by atoms with E-state index in [-0.39, 0.29) is 24.4 Å². The second kappa shape index (κ2) is 11.3. The summed E-state index contributed by atoms with van der Waals surface area (Å²) in [7, 11) is 3.40. The summed E-state index contributed by atoms with van der Waals surface area (Å²) in [6.45, 7) is 0. The van der Waals surface area contributed by atoms with Crippen LogP contribution in [0.4, 0.5) is 32.2 Å². The van der Waals surface area contributed by atoms with Gasteiger partial charge in [-0.1, -0.05) is 31.7 Å². The van der Waals surface area contributed by atoms with Gasteiger partial charge in [-0.15, -0.1) is 0 Å². The van der Waals surface area contributed by atoms with Crippen molar-refractivity contribution in [2.24, 2.45) is 0 Å². The van der Waals surface area contributed by atoms with Crippen LogP contribution in [0.15, 0.2) is 60.9 Å². The molecule has 0 saturated heterocycles. The fourth-order valence-corrected chi connectivity index (χ4v) is 2.68. The van der Waals surface area contributed by atoms with E-state index in [9.17, 15) is 26.3 Å². The molecule has 0 aliphatic carbocycles. The van der Waals surface area contributed by atoms with Crippen molar-refractivity contribution in [1.82, 2.24) is 15.1 Å². The minimum absolute atomic E-state index is 0. The highest BCUT2D eigenvalue weighted by molar-refractivity contribution is 5.76. The van der Waals surface area contributed by atoms with Gasteiger partial charge >= 0.3 is 12.4 Å². The van der Waals surface area contributed by atoms with E-state index in [0.717, 1.165) is 24.3 Å². The minimum Gasteiger partial charge on any atom is -0.384 e. The average molecular weight is 483 g/mol. The van der Waals surface area contributed by atoms with Crippen LogP contribution >= 0.6 is 0 Å². The number of nitrogens with zero attached hydrogens (tertiary/aromatic N) is 3. The van der Waals surface area contributed by atoms with Crippen LogP contribution < -0.4 is 5.73 Å². The lowest BCUT2D eigenvalue weighted by Gasteiger charge is -2.10. The van der Waals surface area contributed by atoms with E-state index in [1.54, 1.807) is 25.1 Å². The number of nitriles is 1. The maximum Gasteiger partial charge on any atom is 0.416 e. The van der Waals surface area contributed by atoms with Crippen molar-refractivity contribution in [2.45, 2.75) is 19.8 Å².